The number of nitrogens with one attached hydrogen (secondary N) is 1. The van der Waals surface area contributed by atoms with Gasteiger partial charge < -0.3 is 20.5 Å². The number of ether oxygens (including phenoxy) is 2. The SMILES string of the molecule is NC(=O)c1ccccc1S(=O)(=O)c1cc2c(c([N+](=O)[O-])c1)N[C@@H](CN1CCOCC1)CO2. The van der Waals surface area contributed by atoms with Crippen LogP contribution in [-0.2, 0) is 14.6 Å². The summed E-state index contributed by atoms with van der Waals surface area (Å²) in [7, 11) is -4.28. The topological polar surface area (TPSA) is 154 Å². The van der Waals surface area contributed by atoms with E-state index >= 15 is 0 Å². The molecule has 1 fully saturated rings. The molecule has 0 spiro atoms. The van der Waals surface area contributed by atoms with Crippen LogP contribution in [0.15, 0.2) is 46.2 Å². The molecule has 3 N–H and O–H groups in total. The maximum atomic E-state index is 13.2. The van der Waals surface area contributed by atoms with Crippen molar-refractivity contribution in [3.8, 4) is 5.75 Å². The predicted octanol–water partition coefficient (Wildman–Crippen LogP) is 1.03. The first-order chi connectivity index (χ1) is 15.3. The largest absolute Gasteiger partial charge is 0.489 e. The first kappa shape index (κ1) is 22.0. The van der Waals surface area contributed by atoms with E-state index in [1.54, 1.807) is 0 Å². The van der Waals surface area contributed by atoms with Gasteiger partial charge in [-0.25, -0.2) is 8.42 Å². The molecule has 0 aliphatic carbocycles. The minimum Gasteiger partial charge on any atom is -0.489 e. The monoisotopic (exact) mass is 462 g/mol. The van der Waals surface area contributed by atoms with Crippen LogP contribution in [0.5, 0.6) is 5.75 Å². The Morgan fingerprint density at radius 2 is 1.97 bits per heavy atom. The summed E-state index contributed by atoms with van der Waals surface area (Å²) in [5.41, 5.74) is 4.82. The van der Waals surface area contributed by atoms with Gasteiger partial charge in [0.05, 0.1) is 39.5 Å². The number of amides is 1. The van der Waals surface area contributed by atoms with Crippen molar-refractivity contribution in [1.29, 1.82) is 0 Å². The van der Waals surface area contributed by atoms with Crippen molar-refractivity contribution in [1.82, 2.24) is 4.90 Å². The summed E-state index contributed by atoms with van der Waals surface area (Å²) in [6, 6.07) is 7.44. The molecule has 0 bridgehead atoms. The van der Waals surface area contributed by atoms with Crippen LogP contribution in [-0.4, -0.2) is 69.6 Å². The number of carbonyl (C=O) groups is 1. The number of anilines is 1. The lowest BCUT2D eigenvalue weighted by Crippen LogP contribution is -2.46. The Morgan fingerprint density at radius 3 is 2.66 bits per heavy atom. The third-order valence-corrected chi connectivity index (χ3v) is 7.17. The summed E-state index contributed by atoms with van der Waals surface area (Å²) in [5, 5.41) is 14.9. The molecule has 0 aromatic heterocycles. The van der Waals surface area contributed by atoms with Crippen molar-refractivity contribution in [3.05, 3.63) is 52.1 Å². The summed E-state index contributed by atoms with van der Waals surface area (Å²) in [5.74, 6) is -0.854. The number of sulfone groups is 1. The molecule has 2 aliphatic rings. The molecule has 0 saturated carbocycles. The zero-order valence-corrected chi connectivity index (χ0v) is 17.8. The second-order valence-electron chi connectivity index (χ2n) is 7.50. The van der Waals surface area contributed by atoms with Crippen molar-refractivity contribution < 1.29 is 27.6 Å². The molecule has 4 rings (SSSR count). The highest BCUT2D eigenvalue weighted by Gasteiger charge is 2.33. The van der Waals surface area contributed by atoms with Crippen LogP contribution >= 0.6 is 0 Å². The highest BCUT2D eigenvalue weighted by Crippen LogP contribution is 2.41. The number of benzene rings is 2. The van der Waals surface area contributed by atoms with Crippen molar-refractivity contribution in [3.63, 3.8) is 0 Å². The number of morpholine rings is 1. The van der Waals surface area contributed by atoms with Crippen LogP contribution in [0.3, 0.4) is 0 Å². The van der Waals surface area contributed by atoms with Gasteiger partial charge in [0, 0.05) is 31.8 Å². The lowest BCUT2D eigenvalue weighted by atomic mass is 10.1. The van der Waals surface area contributed by atoms with Gasteiger partial charge in [-0.1, -0.05) is 12.1 Å². The summed E-state index contributed by atoms with van der Waals surface area (Å²) < 4.78 is 37.5. The molecule has 1 saturated heterocycles. The van der Waals surface area contributed by atoms with Crippen LogP contribution in [0, 0.1) is 10.1 Å². The molecule has 2 aliphatic heterocycles. The number of hydrogen-bond donors (Lipinski definition) is 2. The highest BCUT2D eigenvalue weighted by molar-refractivity contribution is 7.91. The zero-order chi connectivity index (χ0) is 22.9. The van der Waals surface area contributed by atoms with Crippen LogP contribution in [0.1, 0.15) is 10.4 Å². The van der Waals surface area contributed by atoms with E-state index in [2.05, 4.69) is 10.2 Å². The number of nitrogens with zero attached hydrogens (tertiary/aromatic N) is 2. The van der Waals surface area contributed by atoms with Crippen molar-refractivity contribution in [2.24, 2.45) is 5.73 Å². The number of rotatable bonds is 6. The fourth-order valence-electron chi connectivity index (χ4n) is 3.80. The Balaban J connectivity index is 1.70. The molecular weight excluding hydrogens is 440 g/mol. The third kappa shape index (κ3) is 4.24. The van der Waals surface area contributed by atoms with E-state index in [0.29, 0.717) is 19.8 Å². The highest BCUT2D eigenvalue weighted by atomic mass is 32.2. The molecule has 32 heavy (non-hydrogen) atoms. The smallest absolute Gasteiger partial charge is 0.297 e. The molecule has 170 valence electrons. The van der Waals surface area contributed by atoms with E-state index in [0.717, 1.165) is 19.2 Å². The summed E-state index contributed by atoms with van der Waals surface area (Å²) in [4.78, 5) is 24.3. The normalized spacial score (nSPS) is 18.8. The van der Waals surface area contributed by atoms with Gasteiger partial charge in [0.1, 0.15) is 6.61 Å². The average Bonchev–Trinajstić information content (AvgIpc) is 2.78. The minimum absolute atomic E-state index is 0.0626. The second kappa shape index (κ2) is 8.73. The zero-order valence-electron chi connectivity index (χ0n) is 17.0. The molecular formula is C20H22N4O7S. The van der Waals surface area contributed by atoms with E-state index in [1.807, 2.05) is 0 Å². The maximum absolute atomic E-state index is 13.2. The van der Waals surface area contributed by atoms with Crippen LogP contribution in [0.2, 0.25) is 0 Å². The van der Waals surface area contributed by atoms with E-state index in [4.69, 9.17) is 15.2 Å². The van der Waals surface area contributed by atoms with E-state index < -0.39 is 26.4 Å². The molecule has 0 radical (unpaired) electrons. The first-order valence-corrected chi connectivity index (χ1v) is 11.4. The van der Waals surface area contributed by atoms with Gasteiger partial charge in [0.25, 0.3) is 5.69 Å². The predicted molar refractivity (Wildman–Crippen MR) is 114 cm³/mol. The lowest BCUT2D eigenvalue weighted by molar-refractivity contribution is -0.384. The average molecular weight is 462 g/mol. The number of nitrogens with two attached hydrogens (primary N) is 1. The van der Waals surface area contributed by atoms with E-state index in [-0.39, 0.29) is 39.4 Å². The Hall–Kier alpha value is -3.22. The molecule has 2 heterocycles. The number of hydrogen-bond acceptors (Lipinski definition) is 9. The Labute approximate surface area is 184 Å². The number of carbonyl (C=O) groups excluding carboxylic acids is 1. The van der Waals surface area contributed by atoms with Crippen molar-refractivity contribution in [2.75, 3.05) is 44.8 Å². The van der Waals surface area contributed by atoms with Gasteiger partial charge in [0.2, 0.25) is 15.7 Å². The van der Waals surface area contributed by atoms with E-state index in [1.165, 1.54) is 30.3 Å². The molecule has 12 heteroatoms. The summed E-state index contributed by atoms with van der Waals surface area (Å²) in [6.45, 7) is 3.57. The van der Waals surface area contributed by atoms with Crippen LogP contribution in [0.25, 0.3) is 0 Å². The third-order valence-electron chi connectivity index (χ3n) is 5.37. The van der Waals surface area contributed by atoms with Crippen molar-refractivity contribution >= 4 is 27.1 Å². The fourth-order valence-corrected chi connectivity index (χ4v) is 5.29. The van der Waals surface area contributed by atoms with Gasteiger partial charge in [-0.05, 0) is 12.1 Å². The molecule has 1 amide bonds. The quantitative estimate of drug-likeness (QED) is 0.473. The lowest BCUT2D eigenvalue weighted by Gasteiger charge is -2.33. The fraction of sp³-hybridized carbons (Fsp3) is 0.350. The number of nitro groups is 1. The number of primary amides is 1. The van der Waals surface area contributed by atoms with Crippen LogP contribution < -0.4 is 15.8 Å². The first-order valence-electron chi connectivity index (χ1n) is 9.93. The number of fused-ring (bicyclic) bond motifs is 1. The Bertz CT molecular complexity index is 1160. The molecule has 0 unspecified atom stereocenters. The van der Waals surface area contributed by atoms with Gasteiger partial charge >= 0.3 is 0 Å². The van der Waals surface area contributed by atoms with Crippen molar-refractivity contribution in [2.45, 2.75) is 15.8 Å². The summed E-state index contributed by atoms with van der Waals surface area (Å²) in [6.07, 6.45) is 0. The number of nitro benzene ring substituents is 1. The summed E-state index contributed by atoms with van der Waals surface area (Å²) >= 11 is 0. The van der Waals surface area contributed by atoms with Crippen LogP contribution in [0.4, 0.5) is 11.4 Å². The van der Waals surface area contributed by atoms with E-state index in [9.17, 15) is 23.3 Å². The maximum Gasteiger partial charge on any atom is 0.297 e. The Morgan fingerprint density at radius 1 is 1.25 bits per heavy atom. The molecule has 11 nitrogen and oxygen atoms in total. The molecule has 2 aromatic carbocycles. The van der Waals surface area contributed by atoms with Gasteiger partial charge in [-0.3, -0.25) is 19.8 Å². The minimum atomic E-state index is -4.28. The molecule has 2 aromatic rings. The van der Waals surface area contributed by atoms with Gasteiger partial charge in [-0.15, -0.1) is 0 Å². The second-order valence-corrected chi connectivity index (χ2v) is 9.42. The van der Waals surface area contributed by atoms with Gasteiger partial charge in [0.15, 0.2) is 11.4 Å². The standard InChI is InChI=1S/C20H22N4O7S/c21-20(25)15-3-1-2-4-18(15)32(28,29)14-9-16(24(26)27)19-17(10-14)31-12-13(22-19)11-23-5-7-30-8-6-23/h1-4,9-10,13,22H,5-8,11-12H2,(H2,21,25)/t13-/m0/s1. The van der Waals surface area contributed by atoms with Gasteiger partial charge in [-0.2, -0.15) is 0 Å². The molecule has 1 atom stereocenters. The Kier molecular flexibility index (Phi) is 6.00.